The Balaban J connectivity index is 2.05. The lowest BCUT2D eigenvalue weighted by Crippen LogP contribution is -2.38. The van der Waals surface area contributed by atoms with Crippen molar-refractivity contribution in [2.45, 2.75) is 37.8 Å². The lowest BCUT2D eigenvalue weighted by Gasteiger charge is -2.27. The van der Waals surface area contributed by atoms with Crippen LogP contribution < -0.4 is 5.32 Å². The standard InChI is InChI=1S/C13H19NO/c1-2-13(15,10-14-12-8-9-12)11-6-4-3-5-7-11/h3-7,12,14-15H,2,8-10H2,1H3. The molecule has 82 valence electrons. The first-order valence-electron chi connectivity index (χ1n) is 5.76. The Hall–Kier alpha value is -0.860. The molecule has 2 N–H and O–H groups in total. The van der Waals surface area contributed by atoms with E-state index >= 15 is 0 Å². The molecule has 15 heavy (non-hydrogen) atoms. The van der Waals surface area contributed by atoms with E-state index in [1.807, 2.05) is 37.3 Å². The summed E-state index contributed by atoms with van der Waals surface area (Å²) in [5.74, 6) is 0. The van der Waals surface area contributed by atoms with E-state index in [-0.39, 0.29) is 0 Å². The van der Waals surface area contributed by atoms with Gasteiger partial charge >= 0.3 is 0 Å². The minimum atomic E-state index is -0.705. The van der Waals surface area contributed by atoms with Gasteiger partial charge in [0.1, 0.15) is 5.60 Å². The summed E-state index contributed by atoms with van der Waals surface area (Å²) >= 11 is 0. The van der Waals surface area contributed by atoms with E-state index in [4.69, 9.17) is 0 Å². The van der Waals surface area contributed by atoms with Crippen molar-refractivity contribution >= 4 is 0 Å². The molecule has 0 heterocycles. The largest absolute Gasteiger partial charge is 0.384 e. The third-order valence-electron chi connectivity index (χ3n) is 3.16. The van der Waals surface area contributed by atoms with Crippen LogP contribution in [0.2, 0.25) is 0 Å². The fourth-order valence-electron chi connectivity index (χ4n) is 1.78. The Labute approximate surface area is 91.3 Å². The molecule has 0 saturated heterocycles. The van der Waals surface area contributed by atoms with Crippen LogP contribution in [0, 0.1) is 0 Å². The highest BCUT2D eigenvalue weighted by atomic mass is 16.3. The molecule has 2 nitrogen and oxygen atoms in total. The molecule has 2 rings (SSSR count). The summed E-state index contributed by atoms with van der Waals surface area (Å²) in [6.07, 6.45) is 3.26. The van der Waals surface area contributed by atoms with Crippen LogP contribution in [0.15, 0.2) is 30.3 Å². The number of nitrogens with one attached hydrogen (secondary N) is 1. The predicted octanol–water partition coefficient (Wildman–Crippen LogP) is 2.04. The maximum absolute atomic E-state index is 10.5. The molecule has 1 aromatic carbocycles. The molecule has 0 amide bonds. The van der Waals surface area contributed by atoms with E-state index in [0.717, 1.165) is 12.0 Å². The Kier molecular flexibility index (Phi) is 3.08. The van der Waals surface area contributed by atoms with Gasteiger partial charge in [-0.05, 0) is 24.8 Å². The van der Waals surface area contributed by atoms with Crippen molar-refractivity contribution in [1.82, 2.24) is 5.32 Å². The van der Waals surface area contributed by atoms with Crippen molar-refractivity contribution in [3.05, 3.63) is 35.9 Å². The van der Waals surface area contributed by atoms with Crippen LogP contribution in [0.3, 0.4) is 0 Å². The Morgan fingerprint density at radius 3 is 2.53 bits per heavy atom. The molecule has 1 saturated carbocycles. The van der Waals surface area contributed by atoms with Gasteiger partial charge in [0.05, 0.1) is 0 Å². The average Bonchev–Trinajstić information content (AvgIpc) is 3.11. The highest BCUT2D eigenvalue weighted by molar-refractivity contribution is 5.22. The van der Waals surface area contributed by atoms with E-state index in [0.29, 0.717) is 12.6 Å². The number of aliphatic hydroxyl groups is 1. The van der Waals surface area contributed by atoms with Crippen molar-refractivity contribution in [2.24, 2.45) is 0 Å². The molecule has 1 atom stereocenters. The van der Waals surface area contributed by atoms with Crippen molar-refractivity contribution in [3.63, 3.8) is 0 Å². The van der Waals surface area contributed by atoms with Gasteiger partial charge < -0.3 is 10.4 Å². The maximum atomic E-state index is 10.5. The van der Waals surface area contributed by atoms with Gasteiger partial charge in [-0.1, -0.05) is 37.3 Å². The molecular weight excluding hydrogens is 186 g/mol. The Morgan fingerprint density at radius 2 is 2.00 bits per heavy atom. The van der Waals surface area contributed by atoms with Gasteiger partial charge in [0.25, 0.3) is 0 Å². The molecule has 1 fully saturated rings. The molecule has 1 aromatic rings. The van der Waals surface area contributed by atoms with Gasteiger partial charge in [-0.3, -0.25) is 0 Å². The zero-order chi connectivity index (χ0) is 10.7. The molecule has 0 spiro atoms. The zero-order valence-corrected chi connectivity index (χ0v) is 9.24. The molecule has 1 aliphatic carbocycles. The summed E-state index contributed by atoms with van der Waals surface area (Å²) in [4.78, 5) is 0. The van der Waals surface area contributed by atoms with E-state index in [1.165, 1.54) is 12.8 Å². The van der Waals surface area contributed by atoms with Gasteiger partial charge in [-0.25, -0.2) is 0 Å². The molecule has 0 radical (unpaired) electrons. The Bertz CT molecular complexity index is 308. The van der Waals surface area contributed by atoms with E-state index in [1.54, 1.807) is 0 Å². The van der Waals surface area contributed by atoms with Crippen LogP contribution in [-0.2, 0) is 5.60 Å². The summed E-state index contributed by atoms with van der Waals surface area (Å²) in [6, 6.07) is 10.6. The fraction of sp³-hybridized carbons (Fsp3) is 0.538. The first-order valence-corrected chi connectivity index (χ1v) is 5.76. The quantitative estimate of drug-likeness (QED) is 0.771. The van der Waals surface area contributed by atoms with Crippen LogP contribution in [0.5, 0.6) is 0 Å². The van der Waals surface area contributed by atoms with Crippen LogP contribution >= 0.6 is 0 Å². The third-order valence-corrected chi connectivity index (χ3v) is 3.16. The summed E-state index contributed by atoms with van der Waals surface area (Å²) in [5.41, 5.74) is 0.310. The Morgan fingerprint density at radius 1 is 1.33 bits per heavy atom. The smallest absolute Gasteiger partial charge is 0.102 e. The predicted molar refractivity (Wildman–Crippen MR) is 61.7 cm³/mol. The molecule has 0 bridgehead atoms. The maximum Gasteiger partial charge on any atom is 0.102 e. The summed E-state index contributed by atoms with van der Waals surface area (Å²) < 4.78 is 0. The molecule has 0 aromatic heterocycles. The normalized spacial score (nSPS) is 19.9. The lowest BCUT2D eigenvalue weighted by molar-refractivity contribution is 0.0323. The molecule has 1 unspecified atom stereocenters. The van der Waals surface area contributed by atoms with Crippen LogP contribution in [-0.4, -0.2) is 17.7 Å². The number of hydrogen-bond donors (Lipinski definition) is 2. The lowest BCUT2D eigenvalue weighted by atomic mass is 9.91. The molecule has 2 heteroatoms. The van der Waals surface area contributed by atoms with Crippen molar-refractivity contribution in [2.75, 3.05) is 6.54 Å². The second kappa shape index (κ2) is 4.33. The van der Waals surface area contributed by atoms with Crippen molar-refractivity contribution in [3.8, 4) is 0 Å². The average molecular weight is 205 g/mol. The summed E-state index contributed by atoms with van der Waals surface area (Å²) in [6.45, 7) is 2.69. The summed E-state index contributed by atoms with van der Waals surface area (Å²) in [7, 11) is 0. The first-order chi connectivity index (χ1) is 7.24. The first kappa shape index (κ1) is 10.7. The van der Waals surface area contributed by atoms with E-state index < -0.39 is 5.60 Å². The van der Waals surface area contributed by atoms with Gasteiger partial charge in [0.15, 0.2) is 0 Å². The van der Waals surface area contributed by atoms with Crippen molar-refractivity contribution < 1.29 is 5.11 Å². The fourth-order valence-corrected chi connectivity index (χ4v) is 1.78. The van der Waals surface area contributed by atoms with Crippen molar-refractivity contribution in [1.29, 1.82) is 0 Å². The number of rotatable bonds is 5. The van der Waals surface area contributed by atoms with Crippen LogP contribution in [0.1, 0.15) is 31.7 Å². The second-order valence-corrected chi connectivity index (χ2v) is 4.41. The molecule has 1 aliphatic rings. The van der Waals surface area contributed by atoms with Gasteiger partial charge in [0.2, 0.25) is 0 Å². The minimum absolute atomic E-state index is 0.645. The molecule has 0 aliphatic heterocycles. The molecular formula is C13H19NO. The van der Waals surface area contributed by atoms with Crippen LogP contribution in [0.4, 0.5) is 0 Å². The SMILES string of the molecule is CCC(O)(CNC1CC1)c1ccccc1. The topological polar surface area (TPSA) is 32.3 Å². The van der Waals surface area contributed by atoms with Gasteiger partial charge in [-0.15, -0.1) is 0 Å². The third kappa shape index (κ3) is 2.58. The van der Waals surface area contributed by atoms with Crippen LogP contribution in [0.25, 0.3) is 0 Å². The highest BCUT2D eigenvalue weighted by Crippen LogP contribution is 2.26. The van der Waals surface area contributed by atoms with E-state index in [2.05, 4.69) is 5.32 Å². The van der Waals surface area contributed by atoms with E-state index in [9.17, 15) is 5.11 Å². The second-order valence-electron chi connectivity index (χ2n) is 4.41. The monoisotopic (exact) mass is 205 g/mol. The summed E-state index contributed by atoms with van der Waals surface area (Å²) in [5, 5.41) is 13.9. The highest BCUT2D eigenvalue weighted by Gasteiger charge is 2.30. The number of hydrogen-bond acceptors (Lipinski definition) is 2. The zero-order valence-electron chi connectivity index (χ0n) is 9.24. The van der Waals surface area contributed by atoms with Gasteiger partial charge in [0, 0.05) is 12.6 Å². The number of benzene rings is 1. The van der Waals surface area contributed by atoms with Gasteiger partial charge in [-0.2, -0.15) is 0 Å². The minimum Gasteiger partial charge on any atom is -0.384 e.